The Labute approximate surface area is 153 Å². The number of ether oxygens (including phenoxy) is 1. The molecule has 1 aromatic carbocycles. The highest BCUT2D eigenvalue weighted by atomic mass is 32.2. The highest BCUT2D eigenvalue weighted by Gasteiger charge is 2.25. The third kappa shape index (κ3) is 5.52. The number of methoxy groups -OCH3 is 1. The van der Waals surface area contributed by atoms with E-state index in [9.17, 15) is 18.0 Å². The van der Waals surface area contributed by atoms with Crippen LogP contribution < -0.4 is 4.72 Å². The number of sulfonamides is 1. The molecule has 1 aliphatic rings. The molecule has 0 radical (unpaired) electrons. The van der Waals surface area contributed by atoms with Crippen LogP contribution in [0.5, 0.6) is 0 Å². The van der Waals surface area contributed by atoms with Gasteiger partial charge in [0.2, 0.25) is 10.0 Å². The molecular formula is C17H24N2O6S. The van der Waals surface area contributed by atoms with Gasteiger partial charge in [0.25, 0.3) is 5.91 Å². The van der Waals surface area contributed by atoms with Crippen LogP contribution in [0.2, 0.25) is 0 Å². The van der Waals surface area contributed by atoms with Crippen molar-refractivity contribution in [3.05, 3.63) is 29.8 Å². The van der Waals surface area contributed by atoms with E-state index in [1.165, 1.54) is 31.4 Å². The van der Waals surface area contributed by atoms with Crippen LogP contribution in [0.15, 0.2) is 29.2 Å². The fourth-order valence-electron chi connectivity index (χ4n) is 2.91. The van der Waals surface area contributed by atoms with Crippen LogP contribution in [-0.2, 0) is 19.6 Å². The van der Waals surface area contributed by atoms with Crippen LogP contribution in [0.25, 0.3) is 0 Å². The number of carboxylic acids is 1. The van der Waals surface area contributed by atoms with Gasteiger partial charge in [-0.2, -0.15) is 0 Å². The Morgan fingerprint density at radius 2 is 1.85 bits per heavy atom. The molecule has 1 saturated heterocycles. The molecular weight excluding hydrogens is 360 g/mol. The second-order valence-electron chi connectivity index (χ2n) is 6.25. The summed E-state index contributed by atoms with van der Waals surface area (Å²) >= 11 is 0. The summed E-state index contributed by atoms with van der Waals surface area (Å²) in [5.74, 6) is -0.886. The molecule has 1 fully saturated rings. The molecule has 0 bridgehead atoms. The number of likely N-dealkylation sites (tertiary alicyclic amines) is 1. The van der Waals surface area contributed by atoms with E-state index in [0.29, 0.717) is 31.5 Å². The van der Waals surface area contributed by atoms with Gasteiger partial charge in [0.05, 0.1) is 11.5 Å². The molecule has 9 heteroatoms. The maximum absolute atomic E-state index is 12.5. The Hall–Kier alpha value is -1.97. The average molecular weight is 384 g/mol. The first-order valence-corrected chi connectivity index (χ1v) is 9.91. The minimum atomic E-state index is -3.63. The summed E-state index contributed by atoms with van der Waals surface area (Å²) < 4.78 is 31.4. The first-order chi connectivity index (χ1) is 12.3. The van der Waals surface area contributed by atoms with Gasteiger partial charge < -0.3 is 14.7 Å². The molecule has 144 valence electrons. The molecule has 8 nitrogen and oxygen atoms in total. The SMILES string of the molecule is COCCNS(=O)(=O)c1ccc(C(=O)N2CCC(CC(=O)O)CC2)cc1. The number of benzene rings is 1. The zero-order valence-electron chi connectivity index (χ0n) is 14.7. The fraction of sp³-hybridized carbons (Fsp3) is 0.529. The van der Waals surface area contributed by atoms with E-state index in [2.05, 4.69) is 4.72 Å². The van der Waals surface area contributed by atoms with E-state index >= 15 is 0 Å². The molecule has 26 heavy (non-hydrogen) atoms. The number of carbonyl (C=O) groups is 2. The zero-order chi connectivity index (χ0) is 19.2. The smallest absolute Gasteiger partial charge is 0.303 e. The van der Waals surface area contributed by atoms with Crippen LogP contribution >= 0.6 is 0 Å². The number of piperidine rings is 1. The molecule has 0 saturated carbocycles. The molecule has 2 rings (SSSR count). The normalized spacial score (nSPS) is 15.8. The van der Waals surface area contributed by atoms with Crippen molar-refractivity contribution >= 4 is 21.9 Å². The summed E-state index contributed by atoms with van der Waals surface area (Å²) in [5.41, 5.74) is 0.414. The van der Waals surface area contributed by atoms with Gasteiger partial charge in [0.15, 0.2) is 0 Å². The standard InChI is InChI=1S/C17H24N2O6S/c1-25-11-8-18-26(23,24)15-4-2-14(3-5-15)17(22)19-9-6-13(7-10-19)12-16(20)21/h2-5,13,18H,6-12H2,1H3,(H,20,21). The number of rotatable bonds is 8. The lowest BCUT2D eigenvalue weighted by Gasteiger charge is -2.31. The predicted molar refractivity (Wildman–Crippen MR) is 94.4 cm³/mol. The predicted octanol–water partition coefficient (Wildman–Crippen LogP) is 0.938. The topological polar surface area (TPSA) is 113 Å². The first kappa shape index (κ1) is 20.3. The Kier molecular flexibility index (Phi) is 7.13. The molecule has 1 amide bonds. The van der Waals surface area contributed by atoms with E-state index in [-0.39, 0.29) is 36.3 Å². The monoisotopic (exact) mass is 384 g/mol. The second-order valence-corrected chi connectivity index (χ2v) is 8.02. The summed E-state index contributed by atoms with van der Waals surface area (Å²) in [6.07, 6.45) is 1.45. The van der Waals surface area contributed by atoms with Crippen molar-refractivity contribution in [2.24, 2.45) is 5.92 Å². The van der Waals surface area contributed by atoms with Gasteiger partial charge in [0.1, 0.15) is 0 Å². The minimum Gasteiger partial charge on any atom is -0.481 e. The van der Waals surface area contributed by atoms with Crippen LogP contribution in [0, 0.1) is 5.92 Å². The molecule has 2 N–H and O–H groups in total. The quantitative estimate of drug-likeness (QED) is 0.645. The van der Waals surface area contributed by atoms with Crippen molar-refractivity contribution in [1.82, 2.24) is 9.62 Å². The third-order valence-electron chi connectivity index (χ3n) is 4.37. The van der Waals surface area contributed by atoms with Gasteiger partial charge >= 0.3 is 5.97 Å². The van der Waals surface area contributed by atoms with Gasteiger partial charge in [0, 0.05) is 38.7 Å². The molecule has 1 aliphatic heterocycles. The largest absolute Gasteiger partial charge is 0.481 e. The van der Waals surface area contributed by atoms with Crippen LogP contribution in [0.1, 0.15) is 29.6 Å². The number of amides is 1. The van der Waals surface area contributed by atoms with Gasteiger partial charge in [-0.15, -0.1) is 0 Å². The Balaban J connectivity index is 1.96. The molecule has 1 heterocycles. The maximum Gasteiger partial charge on any atom is 0.303 e. The van der Waals surface area contributed by atoms with Crippen molar-refractivity contribution in [3.63, 3.8) is 0 Å². The highest BCUT2D eigenvalue weighted by Crippen LogP contribution is 2.22. The summed E-state index contributed by atoms with van der Waals surface area (Å²) in [6, 6.07) is 5.80. The molecule has 1 aromatic rings. The lowest BCUT2D eigenvalue weighted by atomic mass is 9.93. The molecule has 0 atom stereocenters. The summed E-state index contributed by atoms with van der Waals surface area (Å²) in [5, 5.41) is 8.84. The van der Waals surface area contributed by atoms with Crippen molar-refractivity contribution in [2.45, 2.75) is 24.2 Å². The van der Waals surface area contributed by atoms with Crippen molar-refractivity contribution in [2.75, 3.05) is 33.4 Å². The molecule has 0 aliphatic carbocycles. The number of hydrogen-bond donors (Lipinski definition) is 2. The highest BCUT2D eigenvalue weighted by molar-refractivity contribution is 7.89. The van der Waals surface area contributed by atoms with Gasteiger partial charge in [-0.3, -0.25) is 9.59 Å². The van der Waals surface area contributed by atoms with E-state index in [0.717, 1.165) is 0 Å². The van der Waals surface area contributed by atoms with Gasteiger partial charge in [-0.25, -0.2) is 13.1 Å². The third-order valence-corrected chi connectivity index (χ3v) is 5.85. The molecule has 0 unspecified atom stereocenters. The number of carboxylic acid groups (broad SMARTS) is 1. The number of carbonyl (C=O) groups excluding carboxylic acids is 1. The number of hydrogen-bond acceptors (Lipinski definition) is 5. The zero-order valence-corrected chi connectivity index (χ0v) is 15.5. The van der Waals surface area contributed by atoms with Crippen molar-refractivity contribution in [1.29, 1.82) is 0 Å². The maximum atomic E-state index is 12.5. The lowest BCUT2D eigenvalue weighted by Crippen LogP contribution is -2.38. The van der Waals surface area contributed by atoms with E-state index in [4.69, 9.17) is 9.84 Å². The van der Waals surface area contributed by atoms with Gasteiger partial charge in [-0.1, -0.05) is 0 Å². The Bertz CT molecular complexity index is 724. The summed E-state index contributed by atoms with van der Waals surface area (Å²) in [6.45, 7) is 1.46. The van der Waals surface area contributed by atoms with Crippen molar-refractivity contribution in [3.8, 4) is 0 Å². The van der Waals surface area contributed by atoms with Crippen LogP contribution in [0.4, 0.5) is 0 Å². The average Bonchev–Trinajstić information content (AvgIpc) is 2.61. The van der Waals surface area contributed by atoms with Crippen LogP contribution in [-0.4, -0.2) is 63.7 Å². The number of nitrogens with one attached hydrogen (secondary N) is 1. The number of nitrogens with zero attached hydrogens (tertiary/aromatic N) is 1. The second kappa shape index (κ2) is 9.11. The summed E-state index contributed by atoms with van der Waals surface area (Å²) in [7, 11) is -2.14. The van der Waals surface area contributed by atoms with Crippen molar-refractivity contribution < 1.29 is 27.9 Å². The minimum absolute atomic E-state index is 0.0883. The molecule has 0 spiro atoms. The Morgan fingerprint density at radius 3 is 2.38 bits per heavy atom. The lowest BCUT2D eigenvalue weighted by molar-refractivity contribution is -0.138. The first-order valence-electron chi connectivity index (χ1n) is 8.43. The summed E-state index contributed by atoms with van der Waals surface area (Å²) in [4.78, 5) is 25.1. The van der Waals surface area contributed by atoms with Crippen LogP contribution in [0.3, 0.4) is 0 Å². The van der Waals surface area contributed by atoms with E-state index in [1.807, 2.05) is 0 Å². The number of aliphatic carboxylic acids is 1. The molecule has 0 aromatic heterocycles. The fourth-order valence-corrected chi connectivity index (χ4v) is 3.92. The van der Waals surface area contributed by atoms with E-state index in [1.54, 1.807) is 4.90 Å². The van der Waals surface area contributed by atoms with Gasteiger partial charge in [-0.05, 0) is 43.0 Å². The Morgan fingerprint density at radius 1 is 1.23 bits per heavy atom. The van der Waals surface area contributed by atoms with E-state index < -0.39 is 16.0 Å².